The van der Waals surface area contributed by atoms with Gasteiger partial charge in [0.1, 0.15) is 5.75 Å². The van der Waals surface area contributed by atoms with Crippen molar-refractivity contribution in [3.63, 3.8) is 0 Å². The zero-order valence-corrected chi connectivity index (χ0v) is 12.8. The van der Waals surface area contributed by atoms with Crippen molar-refractivity contribution in [3.8, 4) is 5.75 Å². The lowest BCUT2D eigenvalue weighted by atomic mass is 10.3. The lowest BCUT2D eigenvalue weighted by Crippen LogP contribution is -2.43. The van der Waals surface area contributed by atoms with Crippen LogP contribution in [0.3, 0.4) is 0 Å². The molecule has 1 N–H and O–H groups in total. The number of carbonyl (C=O) groups excluding carboxylic acids is 1. The van der Waals surface area contributed by atoms with E-state index in [1.54, 1.807) is 4.90 Å². The van der Waals surface area contributed by atoms with Crippen molar-refractivity contribution < 1.29 is 31.1 Å². The van der Waals surface area contributed by atoms with Crippen molar-refractivity contribution in [1.29, 1.82) is 0 Å². The van der Waals surface area contributed by atoms with Crippen molar-refractivity contribution in [2.24, 2.45) is 0 Å². The maximum Gasteiger partial charge on any atom is 0.573 e. The number of hydrogen-bond acceptors (Lipinski definition) is 5. The Bertz CT molecular complexity index is 662. The average Bonchev–Trinajstić information content (AvgIpc) is 2.39. The first kappa shape index (κ1) is 17.5. The van der Waals surface area contributed by atoms with E-state index in [9.17, 15) is 26.4 Å². The van der Waals surface area contributed by atoms with E-state index in [1.165, 1.54) is 12.1 Å². The van der Waals surface area contributed by atoms with Crippen LogP contribution in [0.2, 0.25) is 0 Å². The Labute approximate surface area is 131 Å². The first-order valence-corrected chi connectivity index (χ1v) is 8.53. The summed E-state index contributed by atoms with van der Waals surface area (Å²) in [6.45, 7) is 0.486. The van der Waals surface area contributed by atoms with E-state index in [0.29, 0.717) is 0 Å². The van der Waals surface area contributed by atoms with Gasteiger partial charge in [-0.15, -0.1) is 13.2 Å². The third kappa shape index (κ3) is 6.06. The number of anilines is 1. The minimum atomic E-state index is -4.80. The fraction of sp³-hybridized carbons (Fsp3) is 0.462. The molecule has 1 aliphatic rings. The van der Waals surface area contributed by atoms with Crippen LogP contribution >= 0.6 is 0 Å². The van der Waals surface area contributed by atoms with Crippen molar-refractivity contribution in [3.05, 3.63) is 24.3 Å². The highest BCUT2D eigenvalue weighted by Gasteiger charge is 2.31. The molecule has 10 heteroatoms. The molecule has 6 nitrogen and oxygen atoms in total. The smallest absolute Gasteiger partial charge is 0.406 e. The zero-order valence-electron chi connectivity index (χ0n) is 12.0. The van der Waals surface area contributed by atoms with E-state index in [0.717, 1.165) is 12.1 Å². The molecule has 1 amide bonds. The highest BCUT2D eigenvalue weighted by Crippen LogP contribution is 2.25. The fourth-order valence-corrected chi connectivity index (χ4v) is 3.36. The van der Waals surface area contributed by atoms with Gasteiger partial charge in [-0.25, -0.2) is 8.42 Å². The minimum absolute atomic E-state index is 0.00477. The molecule has 128 valence electrons. The third-order valence-corrected chi connectivity index (χ3v) is 4.76. The normalized spacial score (nSPS) is 18.4. The number of amides is 1. The van der Waals surface area contributed by atoms with Crippen molar-refractivity contribution in [2.45, 2.75) is 6.36 Å². The maximum atomic E-state index is 12.1. The number of hydrogen-bond donors (Lipinski definition) is 1. The van der Waals surface area contributed by atoms with Crippen molar-refractivity contribution in [2.75, 3.05) is 36.5 Å². The van der Waals surface area contributed by atoms with E-state index >= 15 is 0 Å². The van der Waals surface area contributed by atoms with E-state index in [4.69, 9.17) is 0 Å². The molecule has 0 radical (unpaired) electrons. The molecule has 1 fully saturated rings. The second kappa shape index (κ2) is 6.75. The van der Waals surface area contributed by atoms with Gasteiger partial charge in [-0.05, 0) is 12.1 Å². The molecule has 0 aromatic heterocycles. The van der Waals surface area contributed by atoms with Crippen molar-refractivity contribution in [1.82, 2.24) is 4.90 Å². The Kier molecular flexibility index (Phi) is 5.15. The molecule has 23 heavy (non-hydrogen) atoms. The highest BCUT2D eigenvalue weighted by atomic mass is 32.2. The van der Waals surface area contributed by atoms with E-state index in [1.807, 2.05) is 0 Å². The highest BCUT2D eigenvalue weighted by molar-refractivity contribution is 7.91. The number of benzene rings is 1. The standard InChI is InChI=1S/C13H15F3N2O4S/c14-13(15,16)22-11-3-1-2-10(8-11)17-12(19)9-18-4-6-23(20,21)7-5-18/h1-3,8H,4-7,9H2,(H,17,19). The van der Waals surface area contributed by atoms with Crippen LogP contribution < -0.4 is 10.1 Å². The van der Waals surface area contributed by atoms with Crippen LogP contribution in [0.4, 0.5) is 18.9 Å². The molecule has 1 saturated heterocycles. The van der Waals surface area contributed by atoms with E-state index in [2.05, 4.69) is 10.1 Å². The summed E-state index contributed by atoms with van der Waals surface area (Å²) in [5, 5.41) is 2.46. The number of halogens is 3. The largest absolute Gasteiger partial charge is 0.573 e. The second-order valence-corrected chi connectivity index (χ2v) is 7.36. The van der Waals surface area contributed by atoms with Crippen LogP contribution in [-0.2, 0) is 14.6 Å². The predicted molar refractivity (Wildman–Crippen MR) is 76.8 cm³/mol. The van der Waals surface area contributed by atoms with Gasteiger partial charge in [0, 0.05) is 24.8 Å². The average molecular weight is 352 g/mol. The lowest BCUT2D eigenvalue weighted by Gasteiger charge is -2.25. The molecular formula is C13H15F3N2O4S. The van der Waals surface area contributed by atoms with Gasteiger partial charge >= 0.3 is 6.36 Å². The Morgan fingerprint density at radius 3 is 2.52 bits per heavy atom. The van der Waals surface area contributed by atoms with Gasteiger partial charge in [0.2, 0.25) is 5.91 Å². The van der Waals surface area contributed by atoms with Gasteiger partial charge in [0.25, 0.3) is 0 Å². The SMILES string of the molecule is O=C(CN1CCS(=O)(=O)CC1)Nc1cccc(OC(F)(F)F)c1. The summed E-state index contributed by atoms with van der Waals surface area (Å²) < 4.78 is 62.8. The van der Waals surface area contributed by atoms with Crippen LogP contribution in [0, 0.1) is 0 Å². The molecule has 0 aliphatic carbocycles. The molecule has 0 saturated carbocycles. The van der Waals surface area contributed by atoms with Gasteiger partial charge in [-0.3, -0.25) is 9.69 Å². The van der Waals surface area contributed by atoms with Gasteiger partial charge in [0.15, 0.2) is 9.84 Å². The molecule has 1 aliphatic heterocycles. The fourth-order valence-electron chi connectivity index (χ4n) is 2.08. The Hall–Kier alpha value is -1.81. The first-order valence-electron chi connectivity index (χ1n) is 6.71. The van der Waals surface area contributed by atoms with Gasteiger partial charge in [-0.1, -0.05) is 6.07 Å². The zero-order chi connectivity index (χ0) is 17.1. The number of nitrogens with zero attached hydrogens (tertiary/aromatic N) is 1. The summed E-state index contributed by atoms with van der Waals surface area (Å²) in [6.07, 6.45) is -4.80. The van der Waals surface area contributed by atoms with Gasteiger partial charge in [-0.2, -0.15) is 0 Å². The molecule has 1 aromatic carbocycles. The predicted octanol–water partition coefficient (Wildman–Crippen LogP) is 1.25. The van der Waals surface area contributed by atoms with Gasteiger partial charge in [0.05, 0.1) is 18.1 Å². The third-order valence-electron chi connectivity index (χ3n) is 3.16. The van der Waals surface area contributed by atoms with Crippen LogP contribution in [0.15, 0.2) is 24.3 Å². The number of sulfone groups is 1. The Morgan fingerprint density at radius 2 is 1.91 bits per heavy atom. The summed E-state index contributed by atoms with van der Waals surface area (Å²) in [4.78, 5) is 13.5. The number of nitrogens with one attached hydrogen (secondary N) is 1. The summed E-state index contributed by atoms with van der Waals surface area (Å²) in [6, 6.07) is 4.94. The van der Waals surface area contributed by atoms with Crippen LogP contribution in [-0.4, -0.2) is 56.7 Å². The van der Waals surface area contributed by atoms with E-state index in [-0.39, 0.29) is 36.8 Å². The lowest BCUT2D eigenvalue weighted by molar-refractivity contribution is -0.274. The number of rotatable bonds is 4. The molecule has 0 spiro atoms. The molecule has 0 unspecified atom stereocenters. The summed E-state index contributed by atoms with van der Waals surface area (Å²) in [5.74, 6) is -0.877. The van der Waals surface area contributed by atoms with Crippen LogP contribution in [0.25, 0.3) is 0 Å². The number of alkyl halides is 3. The molecule has 2 rings (SSSR count). The topological polar surface area (TPSA) is 75.7 Å². The number of ether oxygens (including phenoxy) is 1. The summed E-state index contributed by atoms with van der Waals surface area (Å²) >= 11 is 0. The molecule has 0 atom stereocenters. The van der Waals surface area contributed by atoms with Crippen molar-refractivity contribution >= 4 is 21.4 Å². The van der Waals surface area contributed by atoms with Crippen LogP contribution in [0.1, 0.15) is 0 Å². The molecule has 0 bridgehead atoms. The first-order chi connectivity index (χ1) is 10.6. The number of carbonyl (C=O) groups is 1. The molecule has 1 heterocycles. The summed E-state index contributed by atoms with van der Waals surface area (Å²) in [7, 11) is -3.03. The monoisotopic (exact) mass is 352 g/mol. The summed E-state index contributed by atoms with van der Waals surface area (Å²) in [5.41, 5.74) is 0.168. The second-order valence-electron chi connectivity index (χ2n) is 5.05. The molecular weight excluding hydrogens is 337 g/mol. The quantitative estimate of drug-likeness (QED) is 0.883. The van der Waals surface area contributed by atoms with Crippen LogP contribution in [0.5, 0.6) is 5.75 Å². The van der Waals surface area contributed by atoms with Gasteiger partial charge < -0.3 is 10.1 Å². The minimum Gasteiger partial charge on any atom is -0.406 e. The molecule has 1 aromatic rings. The van der Waals surface area contributed by atoms with E-state index < -0.39 is 27.9 Å². The Morgan fingerprint density at radius 1 is 1.26 bits per heavy atom. The maximum absolute atomic E-state index is 12.1. The Balaban J connectivity index is 1.89.